The molecule has 0 amide bonds. The largest absolute Gasteiger partial charge is 0.380 e. The van der Waals surface area contributed by atoms with E-state index in [2.05, 4.69) is 30.3 Å². The zero-order valence-corrected chi connectivity index (χ0v) is 9.94. The molecule has 17 heavy (non-hydrogen) atoms. The van der Waals surface area contributed by atoms with Crippen LogP contribution >= 0.6 is 0 Å². The van der Waals surface area contributed by atoms with Crippen LogP contribution in [-0.4, -0.2) is 5.16 Å². The predicted molar refractivity (Wildman–Crippen MR) is 67.5 cm³/mol. The third kappa shape index (κ3) is 2.05. The molecule has 1 aromatic carbocycles. The van der Waals surface area contributed by atoms with Crippen LogP contribution < -0.4 is 5.73 Å². The number of aromatic nitrogens is 1. The monoisotopic (exact) mass is 228 g/mol. The molecule has 0 atom stereocenters. The lowest BCUT2D eigenvalue weighted by Gasteiger charge is -2.03. The Morgan fingerprint density at radius 3 is 2.94 bits per heavy atom. The number of hydrogen-bond acceptors (Lipinski definition) is 3. The van der Waals surface area contributed by atoms with Gasteiger partial charge >= 0.3 is 0 Å². The molecule has 1 aliphatic rings. The van der Waals surface area contributed by atoms with Crippen LogP contribution in [0, 0.1) is 12.8 Å². The van der Waals surface area contributed by atoms with Crippen LogP contribution in [0.5, 0.6) is 0 Å². The number of hydrogen-bond donors (Lipinski definition) is 1. The molecule has 2 aromatic rings. The van der Waals surface area contributed by atoms with Gasteiger partial charge in [0.25, 0.3) is 0 Å². The van der Waals surface area contributed by atoms with E-state index < -0.39 is 0 Å². The van der Waals surface area contributed by atoms with Crippen LogP contribution in [-0.2, 0) is 6.42 Å². The first-order chi connectivity index (χ1) is 8.24. The van der Waals surface area contributed by atoms with Crippen molar-refractivity contribution in [1.29, 1.82) is 0 Å². The Morgan fingerprint density at radius 2 is 2.24 bits per heavy atom. The van der Waals surface area contributed by atoms with Gasteiger partial charge in [-0.05, 0) is 31.2 Å². The van der Waals surface area contributed by atoms with Crippen molar-refractivity contribution in [3.8, 4) is 11.1 Å². The molecule has 0 radical (unpaired) electrons. The van der Waals surface area contributed by atoms with Crippen LogP contribution in [0.2, 0.25) is 0 Å². The van der Waals surface area contributed by atoms with Crippen LogP contribution in [0.25, 0.3) is 11.1 Å². The first kappa shape index (κ1) is 10.4. The Bertz CT molecular complexity index is 541. The third-order valence-corrected chi connectivity index (χ3v) is 3.27. The van der Waals surface area contributed by atoms with Gasteiger partial charge in [-0.15, -0.1) is 0 Å². The van der Waals surface area contributed by atoms with Crippen molar-refractivity contribution < 1.29 is 4.52 Å². The molecule has 0 aliphatic heterocycles. The molecule has 2 N–H and O–H groups in total. The second-order valence-corrected chi connectivity index (χ2v) is 4.88. The van der Waals surface area contributed by atoms with Crippen LogP contribution in [0.4, 0.5) is 5.82 Å². The standard InChI is InChI=1S/C14H16N2O/c1-9-3-2-4-11(7-9)13-12(8-10-5-6-10)17-16-14(13)15/h2-4,7,10H,5-6,8H2,1H3,(H2,15,16). The average molecular weight is 228 g/mol. The van der Waals surface area contributed by atoms with E-state index in [1.807, 2.05) is 6.07 Å². The van der Waals surface area contributed by atoms with Gasteiger partial charge in [-0.3, -0.25) is 0 Å². The highest BCUT2D eigenvalue weighted by molar-refractivity contribution is 5.75. The molecule has 1 fully saturated rings. The van der Waals surface area contributed by atoms with Crippen LogP contribution in [0.15, 0.2) is 28.8 Å². The minimum absolute atomic E-state index is 0.506. The number of aryl methyl sites for hydroxylation is 1. The Kier molecular flexibility index (Phi) is 2.39. The van der Waals surface area contributed by atoms with Crippen molar-refractivity contribution in [2.24, 2.45) is 5.92 Å². The maximum atomic E-state index is 5.91. The van der Waals surface area contributed by atoms with Crippen molar-refractivity contribution in [3.63, 3.8) is 0 Å². The normalized spacial score (nSPS) is 15.1. The summed E-state index contributed by atoms with van der Waals surface area (Å²) in [5, 5.41) is 3.91. The van der Waals surface area contributed by atoms with Gasteiger partial charge in [0, 0.05) is 6.42 Å². The Labute approximate surface area is 101 Å². The molecule has 0 saturated heterocycles. The molecule has 0 unspecified atom stereocenters. The molecular weight excluding hydrogens is 212 g/mol. The second-order valence-electron chi connectivity index (χ2n) is 4.88. The van der Waals surface area contributed by atoms with Crippen molar-refractivity contribution in [2.45, 2.75) is 26.2 Å². The highest BCUT2D eigenvalue weighted by Crippen LogP contribution is 2.37. The second kappa shape index (κ2) is 3.91. The van der Waals surface area contributed by atoms with E-state index in [9.17, 15) is 0 Å². The molecule has 1 aromatic heterocycles. The van der Waals surface area contributed by atoms with Gasteiger partial charge in [0.15, 0.2) is 5.82 Å². The first-order valence-electron chi connectivity index (χ1n) is 6.05. The Balaban J connectivity index is 2.02. The van der Waals surface area contributed by atoms with Gasteiger partial charge in [0.05, 0.1) is 5.56 Å². The summed E-state index contributed by atoms with van der Waals surface area (Å²) in [5.74, 6) is 2.22. The van der Waals surface area contributed by atoms with E-state index in [1.165, 1.54) is 18.4 Å². The minimum atomic E-state index is 0.506. The summed E-state index contributed by atoms with van der Waals surface area (Å²) in [4.78, 5) is 0. The SMILES string of the molecule is Cc1cccc(-c2c(N)noc2CC2CC2)c1. The lowest BCUT2D eigenvalue weighted by atomic mass is 10.0. The smallest absolute Gasteiger partial charge is 0.175 e. The molecule has 0 bridgehead atoms. The van der Waals surface area contributed by atoms with Crippen molar-refractivity contribution >= 4 is 5.82 Å². The Hall–Kier alpha value is -1.77. The molecule has 1 heterocycles. The van der Waals surface area contributed by atoms with Crippen LogP contribution in [0.1, 0.15) is 24.2 Å². The van der Waals surface area contributed by atoms with E-state index >= 15 is 0 Å². The average Bonchev–Trinajstić information content (AvgIpc) is 3.03. The molecule has 3 rings (SSSR count). The fraction of sp³-hybridized carbons (Fsp3) is 0.357. The third-order valence-electron chi connectivity index (χ3n) is 3.27. The zero-order valence-electron chi connectivity index (χ0n) is 9.94. The van der Waals surface area contributed by atoms with Gasteiger partial charge < -0.3 is 10.3 Å². The summed E-state index contributed by atoms with van der Waals surface area (Å²) in [5.41, 5.74) is 9.23. The number of benzene rings is 1. The fourth-order valence-corrected chi connectivity index (χ4v) is 2.17. The molecule has 3 heteroatoms. The summed E-state index contributed by atoms with van der Waals surface area (Å²) in [6, 6.07) is 8.30. The van der Waals surface area contributed by atoms with Gasteiger partial charge in [-0.25, -0.2) is 0 Å². The van der Waals surface area contributed by atoms with Gasteiger partial charge in [0.2, 0.25) is 0 Å². The van der Waals surface area contributed by atoms with E-state index in [4.69, 9.17) is 10.3 Å². The van der Waals surface area contributed by atoms with Gasteiger partial charge in [-0.1, -0.05) is 35.0 Å². The summed E-state index contributed by atoms with van der Waals surface area (Å²) in [7, 11) is 0. The van der Waals surface area contributed by atoms with Crippen molar-refractivity contribution in [1.82, 2.24) is 5.16 Å². The van der Waals surface area contributed by atoms with Crippen molar-refractivity contribution in [2.75, 3.05) is 5.73 Å². The van der Waals surface area contributed by atoms with E-state index in [1.54, 1.807) is 0 Å². The molecule has 1 saturated carbocycles. The Morgan fingerprint density at radius 1 is 1.41 bits per heavy atom. The molecule has 88 valence electrons. The lowest BCUT2D eigenvalue weighted by Crippen LogP contribution is -1.92. The topological polar surface area (TPSA) is 52.0 Å². The molecule has 1 aliphatic carbocycles. The zero-order chi connectivity index (χ0) is 11.8. The number of nitrogens with two attached hydrogens (primary N) is 1. The molecular formula is C14H16N2O. The fourth-order valence-electron chi connectivity index (χ4n) is 2.17. The predicted octanol–water partition coefficient (Wildman–Crippen LogP) is 3.18. The van der Waals surface area contributed by atoms with E-state index in [-0.39, 0.29) is 0 Å². The number of nitrogens with zero attached hydrogens (tertiary/aromatic N) is 1. The van der Waals surface area contributed by atoms with Gasteiger partial charge in [-0.2, -0.15) is 0 Å². The van der Waals surface area contributed by atoms with Gasteiger partial charge in [0.1, 0.15) is 5.76 Å². The summed E-state index contributed by atoms with van der Waals surface area (Å²) in [6.45, 7) is 2.08. The maximum Gasteiger partial charge on any atom is 0.175 e. The van der Waals surface area contributed by atoms with E-state index in [0.29, 0.717) is 5.82 Å². The summed E-state index contributed by atoms with van der Waals surface area (Å²) < 4.78 is 5.37. The highest BCUT2D eigenvalue weighted by atomic mass is 16.5. The minimum Gasteiger partial charge on any atom is -0.380 e. The van der Waals surface area contributed by atoms with Crippen LogP contribution in [0.3, 0.4) is 0 Å². The summed E-state index contributed by atoms with van der Waals surface area (Å²) in [6.07, 6.45) is 3.56. The first-order valence-corrected chi connectivity index (χ1v) is 6.05. The number of nitrogen functional groups attached to an aromatic ring is 1. The van der Waals surface area contributed by atoms with E-state index in [0.717, 1.165) is 29.2 Å². The quantitative estimate of drug-likeness (QED) is 0.877. The highest BCUT2D eigenvalue weighted by Gasteiger charge is 2.26. The lowest BCUT2D eigenvalue weighted by molar-refractivity contribution is 0.381. The number of rotatable bonds is 3. The van der Waals surface area contributed by atoms with Crippen molar-refractivity contribution in [3.05, 3.63) is 35.6 Å². The molecule has 0 spiro atoms. The number of anilines is 1. The molecule has 3 nitrogen and oxygen atoms in total. The maximum absolute atomic E-state index is 5.91. The summed E-state index contributed by atoms with van der Waals surface area (Å²) >= 11 is 0.